The first-order chi connectivity index (χ1) is 11.2. The summed E-state index contributed by atoms with van der Waals surface area (Å²) in [6.07, 6.45) is 5.30. The monoisotopic (exact) mass is 311 g/mol. The SMILES string of the molecule is Nc1ncnc2cc(C(=O)NCC3CCN(C4CC4)C3)ccc12. The highest BCUT2D eigenvalue weighted by molar-refractivity contribution is 5.99. The number of likely N-dealkylation sites (tertiary alicyclic amines) is 1. The smallest absolute Gasteiger partial charge is 0.251 e. The highest BCUT2D eigenvalue weighted by Crippen LogP contribution is 2.31. The fraction of sp³-hybridized carbons (Fsp3) is 0.471. The van der Waals surface area contributed by atoms with Crippen LogP contribution in [0.25, 0.3) is 10.9 Å². The van der Waals surface area contributed by atoms with Crippen molar-refractivity contribution < 1.29 is 4.79 Å². The van der Waals surface area contributed by atoms with Gasteiger partial charge in [0.15, 0.2) is 0 Å². The van der Waals surface area contributed by atoms with Gasteiger partial charge >= 0.3 is 0 Å². The van der Waals surface area contributed by atoms with Crippen LogP contribution >= 0.6 is 0 Å². The normalized spacial score (nSPS) is 21.7. The van der Waals surface area contributed by atoms with Gasteiger partial charge < -0.3 is 16.0 Å². The zero-order chi connectivity index (χ0) is 15.8. The van der Waals surface area contributed by atoms with Crippen LogP contribution in [0.3, 0.4) is 0 Å². The number of anilines is 1. The van der Waals surface area contributed by atoms with Gasteiger partial charge in [0, 0.05) is 30.1 Å². The molecule has 2 heterocycles. The van der Waals surface area contributed by atoms with E-state index in [1.165, 1.54) is 32.1 Å². The Morgan fingerprint density at radius 3 is 3.00 bits per heavy atom. The van der Waals surface area contributed by atoms with Gasteiger partial charge in [0.1, 0.15) is 12.1 Å². The average Bonchev–Trinajstić information content (AvgIpc) is 3.31. The van der Waals surface area contributed by atoms with E-state index in [-0.39, 0.29) is 5.91 Å². The van der Waals surface area contributed by atoms with Crippen molar-refractivity contribution in [1.29, 1.82) is 0 Å². The van der Waals surface area contributed by atoms with E-state index in [9.17, 15) is 4.79 Å². The molecule has 6 heteroatoms. The van der Waals surface area contributed by atoms with Crippen molar-refractivity contribution in [2.24, 2.45) is 5.92 Å². The van der Waals surface area contributed by atoms with Crippen LogP contribution in [0.15, 0.2) is 24.5 Å². The topological polar surface area (TPSA) is 84.1 Å². The molecule has 1 aliphatic carbocycles. The number of hydrogen-bond donors (Lipinski definition) is 2. The van der Waals surface area contributed by atoms with E-state index in [0.717, 1.165) is 24.5 Å². The maximum Gasteiger partial charge on any atom is 0.251 e. The van der Waals surface area contributed by atoms with Gasteiger partial charge in [-0.2, -0.15) is 0 Å². The fourth-order valence-electron chi connectivity index (χ4n) is 3.36. The van der Waals surface area contributed by atoms with Crippen LogP contribution in [0.1, 0.15) is 29.6 Å². The van der Waals surface area contributed by atoms with Gasteiger partial charge in [-0.3, -0.25) is 4.79 Å². The van der Waals surface area contributed by atoms with E-state index >= 15 is 0 Å². The number of aromatic nitrogens is 2. The Bertz CT molecular complexity index is 743. The van der Waals surface area contributed by atoms with E-state index in [2.05, 4.69) is 20.2 Å². The third kappa shape index (κ3) is 2.99. The Labute approximate surface area is 135 Å². The number of nitrogens with one attached hydrogen (secondary N) is 1. The number of rotatable bonds is 4. The minimum Gasteiger partial charge on any atom is -0.383 e. The van der Waals surface area contributed by atoms with Gasteiger partial charge in [0.25, 0.3) is 5.91 Å². The molecule has 1 aromatic carbocycles. The van der Waals surface area contributed by atoms with Gasteiger partial charge in [-0.25, -0.2) is 9.97 Å². The maximum absolute atomic E-state index is 12.4. The average molecular weight is 311 g/mol. The Morgan fingerprint density at radius 2 is 2.17 bits per heavy atom. The Kier molecular flexibility index (Phi) is 3.61. The van der Waals surface area contributed by atoms with Crippen LogP contribution < -0.4 is 11.1 Å². The van der Waals surface area contributed by atoms with Crippen LogP contribution in [-0.4, -0.2) is 46.5 Å². The first-order valence-electron chi connectivity index (χ1n) is 8.23. The molecule has 1 unspecified atom stereocenters. The van der Waals surface area contributed by atoms with Crippen molar-refractivity contribution in [2.45, 2.75) is 25.3 Å². The summed E-state index contributed by atoms with van der Waals surface area (Å²) in [6, 6.07) is 6.18. The quantitative estimate of drug-likeness (QED) is 0.892. The molecule has 3 N–H and O–H groups in total. The molecule has 23 heavy (non-hydrogen) atoms. The number of nitrogens with zero attached hydrogens (tertiary/aromatic N) is 3. The molecule has 4 rings (SSSR count). The van der Waals surface area contributed by atoms with Gasteiger partial charge in [0.05, 0.1) is 5.52 Å². The van der Waals surface area contributed by atoms with E-state index in [4.69, 9.17) is 5.73 Å². The van der Waals surface area contributed by atoms with E-state index < -0.39 is 0 Å². The summed E-state index contributed by atoms with van der Waals surface area (Å²) in [5.41, 5.74) is 7.13. The number of fused-ring (bicyclic) bond motifs is 1. The van der Waals surface area contributed by atoms with Gasteiger partial charge in [-0.05, 0) is 49.9 Å². The highest BCUT2D eigenvalue weighted by atomic mass is 16.1. The molecular weight excluding hydrogens is 290 g/mol. The molecule has 6 nitrogen and oxygen atoms in total. The second-order valence-electron chi connectivity index (χ2n) is 6.58. The molecule has 0 radical (unpaired) electrons. The van der Waals surface area contributed by atoms with Crippen molar-refractivity contribution in [3.05, 3.63) is 30.1 Å². The molecule has 1 amide bonds. The third-order valence-electron chi connectivity index (χ3n) is 4.86. The van der Waals surface area contributed by atoms with Crippen LogP contribution in [-0.2, 0) is 0 Å². The fourth-order valence-corrected chi connectivity index (χ4v) is 3.36. The Balaban J connectivity index is 1.39. The molecule has 1 aromatic heterocycles. The lowest BCUT2D eigenvalue weighted by Gasteiger charge is -2.15. The number of carbonyl (C=O) groups excluding carboxylic acids is 1. The lowest BCUT2D eigenvalue weighted by Crippen LogP contribution is -2.31. The van der Waals surface area contributed by atoms with Crippen molar-refractivity contribution in [2.75, 3.05) is 25.4 Å². The molecule has 1 saturated carbocycles. The van der Waals surface area contributed by atoms with E-state index in [1.807, 2.05) is 6.07 Å². The third-order valence-corrected chi connectivity index (χ3v) is 4.86. The predicted molar refractivity (Wildman–Crippen MR) is 89.0 cm³/mol. The molecule has 0 spiro atoms. The standard InChI is InChI=1S/C17H21N5O/c18-16-14-4-1-12(7-15(14)20-10-21-16)17(23)19-8-11-5-6-22(9-11)13-2-3-13/h1,4,7,10-11,13H,2-3,5-6,8-9H2,(H,19,23)(H2,18,20,21). The number of hydrogen-bond acceptors (Lipinski definition) is 5. The zero-order valence-electron chi connectivity index (χ0n) is 13.0. The number of amides is 1. The molecule has 120 valence electrons. The number of benzene rings is 1. The largest absolute Gasteiger partial charge is 0.383 e. The van der Waals surface area contributed by atoms with Crippen molar-refractivity contribution >= 4 is 22.6 Å². The van der Waals surface area contributed by atoms with Crippen molar-refractivity contribution in [3.8, 4) is 0 Å². The van der Waals surface area contributed by atoms with Crippen LogP contribution in [0.2, 0.25) is 0 Å². The summed E-state index contributed by atoms with van der Waals surface area (Å²) in [6.45, 7) is 3.04. The molecular formula is C17H21N5O. The molecule has 1 atom stereocenters. The zero-order valence-corrected chi connectivity index (χ0v) is 13.0. The summed E-state index contributed by atoms with van der Waals surface area (Å²) in [4.78, 5) is 23.1. The van der Waals surface area contributed by atoms with Crippen molar-refractivity contribution in [1.82, 2.24) is 20.2 Å². The van der Waals surface area contributed by atoms with E-state index in [1.54, 1.807) is 12.1 Å². The molecule has 2 fully saturated rings. The summed E-state index contributed by atoms with van der Waals surface area (Å²) in [5.74, 6) is 0.958. The lowest BCUT2D eigenvalue weighted by atomic mass is 10.1. The van der Waals surface area contributed by atoms with Crippen LogP contribution in [0.5, 0.6) is 0 Å². The first-order valence-corrected chi connectivity index (χ1v) is 8.23. The van der Waals surface area contributed by atoms with Crippen LogP contribution in [0, 0.1) is 5.92 Å². The lowest BCUT2D eigenvalue weighted by molar-refractivity contribution is 0.0947. The summed E-state index contributed by atoms with van der Waals surface area (Å²) in [5, 5.41) is 3.84. The van der Waals surface area contributed by atoms with Gasteiger partial charge in [-0.15, -0.1) is 0 Å². The minimum absolute atomic E-state index is 0.0473. The van der Waals surface area contributed by atoms with Crippen molar-refractivity contribution in [3.63, 3.8) is 0 Å². The Morgan fingerprint density at radius 1 is 1.30 bits per heavy atom. The van der Waals surface area contributed by atoms with E-state index in [0.29, 0.717) is 22.8 Å². The van der Waals surface area contributed by atoms with Gasteiger partial charge in [-0.1, -0.05) is 0 Å². The minimum atomic E-state index is -0.0473. The first kappa shape index (κ1) is 14.4. The summed E-state index contributed by atoms with van der Waals surface area (Å²) >= 11 is 0. The Hall–Kier alpha value is -2.21. The highest BCUT2D eigenvalue weighted by Gasteiger charge is 2.34. The molecule has 1 aliphatic heterocycles. The molecule has 2 aromatic rings. The predicted octanol–water partition coefficient (Wildman–Crippen LogP) is 1.43. The van der Waals surface area contributed by atoms with Gasteiger partial charge in [0.2, 0.25) is 0 Å². The van der Waals surface area contributed by atoms with Crippen LogP contribution in [0.4, 0.5) is 5.82 Å². The number of nitrogen functional groups attached to an aromatic ring is 1. The molecule has 2 aliphatic rings. The number of carbonyl (C=O) groups is 1. The number of nitrogens with two attached hydrogens (primary N) is 1. The maximum atomic E-state index is 12.4. The second kappa shape index (κ2) is 5.77. The summed E-state index contributed by atoms with van der Waals surface area (Å²) in [7, 11) is 0. The molecule has 0 bridgehead atoms. The summed E-state index contributed by atoms with van der Waals surface area (Å²) < 4.78 is 0. The second-order valence-corrected chi connectivity index (χ2v) is 6.58. The molecule has 1 saturated heterocycles.